The van der Waals surface area contributed by atoms with Crippen LogP contribution in [0.15, 0.2) is 30.5 Å². The molecule has 8 heteroatoms. The number of carbonyl (C=O) groups excluding carboxylic acids is 1. The third-order valence-corrected chi connectivity index (χ3v) is 5.72. The van der Waals surface area contributed by atoms with Crippen LogP contribution < -0.4 is 10.2 Å². The summed E-state index contributed by atoms with van der Waals surface area (Å²) in [5.74, 6) is 0.129. The number of hydrogen-bond acceptors (Lipinski definition) is 5. The lowest BCUT2D eigenvalue weighted by Crippen LogP contribution is -2.57. The first-order valence-electron chi connectivity index (χ1n) is 11.2. The Morgan fingerprint density at radius 2 is 1.97 bits per heavy atom. The quantitative estimate of drug-likeness (QED) is 0.561. The van der Waals surface area contributed by atoms with E-state index in [9.17, 15) is 18.0 Å². The number of aromatic nitrogens is 2. The molecule has 0 bridgehead atoms. The molecule has 0 aliphatic carbocycles. The molecule has 1 N–H and O–H groups in total. The third-order valence-electron chi connectivity index (χ3n) is 5.72. The number of anilines is 1. The molecule has 1 aliphatic rings. The Balaban J connectivity index is 0.00000289. The highest BCUT2D eigenvalue weighted by Gasteiger charge is 2.38. The van der Waals surface area contributed by atoms with Crippen LogP contribution in [-0.4, -0.2) is 40.9 Å². The van der Waals surface area contributed by atoms with Gasteiger partial charge in [0, 0.05) is 45.5 Å². The average Bonchev–Trinajstić information content (AvgIpc) is 2.72. The SMILES string of the molecule is CCC[C@H]1CN(c2ccc(C(F)(F)F)c(C(=O)c3cccnc3C)n2)C[C@H](CC(C)C)N1.[HH].[HH]. The van der Waals surface area contributed by atoms with Crippen LogP contribution in [0.5, 0.6) is 0 Å². The number of nitrogens with zero attached hydrogens (tertiary/aromatic N) is 3. The fraction of sp³-hybridized carbons (Fsp3) is 0.542. The topological polar surface area (TPSA) is 58.1 Å². The Kier molecular flexibility index (Phi) is 7.54. The molecule has 2 aromatic heterocycles. The Morgan fingerprint density at radius 1 is 1.25 bits per heavy atom. The van der Waals surface area contributed by atoms with E-state index in [1.54, 1.807) is 13.0 Å². The number of pyridine rings is 2. The summed E-state index contributed by atoms with van der Waals surface area (Å²) in [6.07, 6.45) is -0.250. The number of ketones is 1. The second kappa shape index (κ2) is 9.98. The van der Waals surface area contributed by atoms with E-state index < -0.39 is 23.2 Å². The van der Waals surface area contributed by atoms with E-state index in [1.165, 1.54) is 18.3 Å². The average molecular weight is 453 g/mol. The normalized spacial score (nSPS) is 19.4. The zero-order valence-corrected chi connectivity index (χ0v) is 19.0. The lowest BCUT2D eigenvalue weighted by molar-refractivity contribution is -0.138. The van der Waals surface area contributed by atoms with Crippen molar-refractivity contribution in [3.8, 4) is 0 Å². The van der Waals surface area contributed by atoms with Gasteiger partial charge in [-0.3, -0.25) is 9.78 Å². The summed E-state index contributed by atoms with van der Waals surface area (Å²) in [6, 6.07) is 5.83. The predicted molar refractivity (Wildman–Crippen MR) is 123 cm³/mol. The van der Waals surface area contributed by atoms with Crippen LogP contribution in [-0.2, 0) is 6.18 Å². The van der Waals surface area contributed by atoms with Gasteiger partial charge < -0.3 is 10.2 Å². The highest BCUT2D eigenvalue weighted by Crippen LogP contribution is 2.34. The van der Waals surface area contributed by atoms with Crippen molar-refractivity contribution < 1.29 is 20.8 Å². The van der Waals surface area contributed by atoms with Crippen molar-refractivity contribution in [3.63, 3.8) is 0 Å². The van der Waals surface area contributed by atoms with Gasteiger partial charge >= 0.3 is 6.18 Å². The Morgan fingerprint density at radius 3 is 2.59 bits per heavy atom. The van der Waals surface area contributed by atoms with Gasteiger partial charge in [0.25, 0.3) is 0 Å². The van der Waals surface area contributed by atoms with Crippen molar-refractivity contribution in [1.82, 2.24) is 15.3 Å². The van der Waals surface area contributed by atoms with Crippen LogP contribution in [0.25, 0.3) is 0 Å². The minimum atomic E-state index is -4.68. The van der Waals surface area contributed by atoms with Crippen molar-refractivity contribution in [2.45, 2.75) is 65.2 Å². The van der Waals surface area contributed by atoms with Crippen molar-refractivity contribution in [1.29, 1.82) is 0 Å². The summed E-state index contributed by atoms with van der Waals surface area (Å²) in [5, 5.41) is 3.67. The van der Waals surface area contributed by atoms with Crippen molar-refractivity contribution in [3.05, 3.63) is 53.0 Å². The first-order valence-corrected chi connectivity index (χ1v) is 11.2. The smallest absolute Gasteiger partial charge is 0.353 e. The number of rotatable bonds is 7. The van der Waals surface area contributed by atoms with Gasteiger partial charge in [-0.05, 0) is 49.9 Å². The first-order chi connectivity index (χ1) is 15.1. The molecular weight excluding hydrogens is 417 g/mol. The fourth-order valence-electron chi connectivity index (χ4n) is 4.35. The molecule has 0 radical (unpaired) electrons. The van der Waals surface area contributed by atoms with E-state index in [4.69, 9.17) is 0 Å². The molecule has 178 valence electrons. The molecule has 2 atom stereocenters. The molecule has 3 rings (SSSR count). The molecule has 3 heterocycles. The maximum absolute atomic E-state index is 13.7. The van der Waals surface area contributed by atoms with Gasteiger partial charge in [-0.1, -0.05) is 27.2 Å². The Labute approximate surface area is 190 Å². The van der Waals surface area contributed by atoms with Crippen LogP contribution in [0.3, 0.4) is 0 Å². The number of halogens is 3. The molecule has 0 unspecified atom stereocenters. The molecule has 32 heavy (non-hydrogen) atoms. The van der Waals surface area contributed by atoms with Gasteiger partial charge in [-0.2, -0.15) is 13.2 Å². The maximum atomic E-state index is 13.7. The summed E-state index contributed by atoms with van der Waals surface area (Å²) in [4.78, 5) is 23.5. The van der Waals surface area contributed by atoms with Crippen molar-refractivity contribution in [2.24, 2.45) is 5.92 Å². The van der Waals surface area contributed by atoms with Crippen LogP contribution in [0.1, 0.15) is 70.2 Å². The first kappa shape index (κ1) is 24.2. The second-order valence-electron chi connectivity index (χ2n) is 8.91. The van der Waals surface area contributed by atoms with Gasteiger partial charge in [-0.25, -0.2) is 4.98 Å². The lowest BCUT2D eigenvalue weighted by atomic mass is 9.98. The van der Waals surface area contributed by atoms with Crippen LogP contribution in [0.4, 0.5) is 19.0 Å². The molecule has 0 amide bonds. The minimum Gasteiger partial charge on any atom is -0.353 e. The van der Waals surface area contributed by atoms with Gasteiger partial charge in [0.15, 0.2) is 0 Å². The summed E-state index contributed by atoms with van der Waals surface area (Å²) in [7, 11) is 0. The van der Waals surface area contributed by atoms with E-state index in [-0.39, 0.29) is 20.5 Å². The number of alkyl halides is 3. The second-order valence-corrected chi connectivity index (χ2v) is 8.91. The van der Waals surface area contributed by atoms with E-state index in [0.717, 1.165) is 25.3 Å². The predicted octanol–water partition coefficient (Wildman–Crippen LogP) is 5.52. The van der Waals surface area contributed by atoms with E-state index in [2.05, 4.69) is 36.1 Å². The maximum Gasteiger partial charge on any atom is 0.418 e. The number of piperazine rings is 1. The van der Waals surface area contributed by atoms with Crippen LogP contribution in [0.2, 0.25) is 0 Å². The third kappa shape index (κ3) is 5.65. The van der Waals surface area contributed by atoms with E-state index in [0.29, 0.717) is 30.5 Å². The summed E-state index contributed by atoms with van der Waals surface area (Å²) in [6.45, 7) is 9.29. The Bertz CT molecular complexity index is 956. The van der Waals surface area contributed by atoms with Gasteiger partial charge in [0.2, 0.25) is 5.78 Å². The fourth-order valence-corrected chi connectivity index (χ4v) is 4.35. The van der Waals surface area contributed by atoms with Crippen molar-refractivity contribution >= 4 is 11.6 Å². The molecule has 0 aromatic carbocycles. The monoisotopic (exact) mass is 452 g/mol. The van der Waals surface area contributed by atoms with Gasteiger partial charge in [0.05, 0.1) is 5.56 Å². The summed E-state index contributed by atoms with van der Waals surface area (Å²) in [5.41, 5.74) is -1.09. The van der Waals surface area contributed by atoms with Crippen LogP contribution in [0, 0.1) is 12.8 Å². The van der Waals surface area contributed by atoms with Gasteiger partial charge in [-0.15, -0.1) is 0 Å². The highest BCUT2D eigenvalue weighted by atomic mass is 19.4. The highest BCUT2D eigenvalue weighted by molar-refractivity contribution is 6.09. The number of hydrogen-bond donors (Lipinski definition) is 1. The van der Waals surface area contributed by atoms with Gasteiger partial charge in [0.1, 0.15) is 11.5 Å². The lowest BCUT2D eigenvalue weighted by Gasteiger charge is -2.40. The summed E-state index contributed by atoms with van der Waals surface area (Å²) >= 11 is 0. The number of aryl methyl sites for hydroxylation is 1. The number of carbonyl (C=O) groups is 1. The molecule has 1 saturated heterocycles. The molecule has 0 saturated carbocycles. The zero-order valence-electron chi connectivity index (χ0n) is 19.0. The van der Waals surface area contributed by atoms with E-state index in [1.807, 2.05) is 4.90 Å². The molecule has 1 aliphatic heterocycles. The molecule has 5 nitrogen and oxygen atoms in total. The standard InChI is InChI=1S/C24H31F3N4O.2H2/c1-5-7-17-13-31(14-18(29-17)12-15(2)3)21-10-9-20(24(25,26)27)22(30-21)23(32)19-8-6-11-28-16(19)4;;/h6,8-11,15,17-18,29H,5,7,12-14H2,1-4H3;2*1H/t17-,18-;;/m0../s1. The van der Waals surface area contributed by atoms with E-state index >= 15 is 0 Å². The largest absolute Gasteiger partial charge is 0.418 e. The molecular formula is C24H35F3N4O. The molecule has 0 spiro atoms. The van der Waals surface area contributed by atoms with Crippen LogP contribution >= 0.6 is 0 Å². The summed E-state index contributed by atoms with van der Waals surface area (Å²) < 4.78 is 41.2. The van der Waals surface area contributed by atoms with Crippen molar-refractivity contribution in [2.75, 3.05) is 18.0 Å². The molecule has 2 aromatic rings. The minimum absolute atomic E-state index is 0. The number of nitrogens with one attached hydrogen (secondary N) is 1. The zero-order chi connectivity index (χ0) is 23.5. The molecule has 1 fully saturated rings. The Hall–Kier alpha value is -2.48.